The number of rotatable bonds is 3. The number of ether oxygens (including phenoxy) is 1. The molecule has 134 valence electrons. The van der Waals surface area contributed by atoms with E-state index in [2.05, 4.69) is 17.5 Å². The number of benzene rings is 2. The van der Waals surface area contributed by atoms with Crippen LogP contribution in [0.1, 0.15) is 46.8 Å². The van der Waals surface area contributed by atoms with Crippen LogP contribution in [0, 0.1) is 5.92 Å². The lowest BCUT2D eigenvalue weighted by atomic mass is 9.76. The minimum Gasteiger partial charge on any atom is -0.462 e. The summed E-state index contributed by atoms with van der Waals surface area (Å²) < 4.78 is 5.14. The Kier molecular flexibility index (Phi) is 4.68. The number of carbonyl (C=O) groups excluding carboxylic acids is 1. The first kappa shape index (κ1) is 17.4. The molecular formula is C21H19Cl2NO2. The minimum absolute atomic E-state index is 0.144. The third kappa shape index (κ3) is 3.00. The molecule has 2 aliphatic rings. The number of anilines is 1. The lowest BCUT2D eigenvalue weighted by Gasteiger charge is -2.37. The third-order valence-corrected chi connectivity index (χ3v) is 5.92. The van der Waals surface area contributed by atoms with Crippen molar-refractivity contribution in [1.29, 1.82) is 0 Å². The number of esters is 1. The summed E-state index contributed by atoms with van der Waals surface area (Å²) in [6, 6.07) is 11.7. The standard InChI is InChI=1S/C21H19Cl2NO2/c1-2-26-21(25)13-7-9-19-16(10-13)14-4-3-5-15(14)20(24-19)12-6-8-17(22)18(23)11-12/h3-4,6-11,14-15,20,24H,2,5H2,1H3. The van der Waals surface area contributed by atoms with Crippen LogP contribution in [-0.4, -0.2) is 12.6 Å². The van der Waals surface area contributed by atoms with Gasteiger partial charge in [0.1, 0.15) is 0 Å². The molecule has 0 fully saturated rings. The normalized spacial score (nSPS) is 23.1. The molecule has 3 nitrogen and oxygen atoms in total. The molecule has 5 heteroatoms. The molecule has 0 saturated carbocycles. The fourth-order valence-electron chi connectivity index (χ4n) is 3.97. The number of nitrogens with one attached hydrogen (secondary N) is 1. The van der Waals surface area contributed by atoms with Crippen LogP contribution < -0.4 is 5.32 Å². The van der Waals surface area contributed by atoms with Gasteiger partial charge in [-0.3, -0.25) is 0 Å². The quantitative estimate of drug-likeness (QED) is 0.518. The summed E-state index contributed by atoms with van der Waals surface area (Å²) in [7, 11) is 0. The second-order valence-corrected chi connectivity index (χ2v) is 7.49. The van der Waals surface area contributed by atoms with E-state index in [0.717, 1.165) is 23.2 Å². The van der Waals surface area contributed by atoms with Gasteiger partial charge >= 0.3 is 5.97 Å². The Hall–Kier alpha value is -1.97. The molecule has 1 aliphatic heterocycles. The highest BCUT2D eigenvalue weighted by Gasteiger charge is 2.38. The molecule has 0 aromatic heterocycles. The molecule has 4 rings (SSSR count). The molecule has 0 saturated heterocycles. The first-order chi connectivity index (χ1) is 12.6. The summed E-state index contributed by atoms with van der Waals surface area (Å²) in [5, 5.41) is 4.76. The van der Waals surface area contributed by atoms with Crippen molar-refractivity contribution < 1.29 is 9.53 Å². The van der Waals surface area contributed by atoms with Crippen LogP contribution in [-0.2, 0) is 4.74 Å². The average Bonchev–Trinajstić information content (AvgIpc) is 3.13. The highest BCUT2D eigenvalue weighted by atomic mass is 35.5. The van der Waals surface area contributed by atoms with Crippen LogP contribution in [0.15, 0.2) is 48.6 Å². The second kappa shape index (κ2) is 6.98. The summed E-state index contributed by atoms with van der Waals surface area (Å²) in [5.41, 5.74) is 3.91. The first-order valence-electron chi connectivity index (χ1n) is 8.77. The van der Waals surface area contributed by atoms with Gasteiger partial charge in [0.25, 0.3) is 0 Å². The van der Waals surface area contributed by atoms with Gasteiger partial charge in [0.2, 0.25) is 0 Å². The van der Waals surface area contributed by atoms with Gasteiger partial charge in [-0.2, -0.15) is 0 Å². The van der Waals surface area contributed by atoms with Crippen LogP contribution in [0.3, 0.4) is 0 Å². The number of fused-ring (bicyclic) bond motifs is 3. The fraction of sp³-hybridized carbons (Fsp3) is 0.286. The number of allylic oxidation sites excluding steroid dienone is 2. The molecule has 2 aromatic carbocycles. The number of halogens is 2. The predicted octanol–water partition coefficient (Wildman–Crippen LogP) is 6.00. The molecule has 1 N–H and O–H groups in total. The van der Waals surface area contributed by atoms with Crippen LogP contribution in [0.4, 0.5) is 5.69 Å². The molecule has 0 radical (unpaired) electrons. The van der Waals surface area contributed by atoms with Gasteiger partial charge in [-0.1, -0.05) is 41.4 Å². The molecular weight excluding hydrogens is 369 g/mol. The van der Waals surface area contributed by atoms with Crippen LogP contribution in [0.25, 0.3) is 0 Å². The van der Waals surface area contributed by atoms with Gasteiger partial charge in [-0.15, -0.1) is 0 Å². The average molecular weight is 388 g/mol. The van der Waals surface area contributed by atoms with Gasteiger partial charge in [0, 0.05) is 11.6 Å². The van der Waals surface area contributed by atoms with Crippen molar-refractivity contribution in [2.75, 3.05) is 11.9 Å². The molecule has 0 bridgehead atoms. The topological polar surface area (TPSA) is 38.3 Å². The van der Waals surface area contributed by atoms with Crippen LogP contribution >= 0.6 is 23.2 Å². The van der Waals surface area contributed by atoms with E-state index in [1.807, 2.05) is 43.3 Å². The minimum atomic E-state index is -0.277. The molecule has 1 aliphatic carbocycles. The van der Waals surface area contributed by atoms with E-state index < -0.39 is 0 Å². The van der Waals surface area contributed by atoms with E-state index in [-0.39, 0.29) is 17.9 Å². The molecule has 3 atom stereocenters. The second-order valence-electron chi connectivity index (χ2n) is 6.67. The van der Waals surface area contributed by atoms with Gasteiger partial charge in [-0.05, 0) is 60.7 Å². The Morgan fingerprint density at radius 3 is 2.81 bits per heavy atom. The number of hydrogen-bond acceptors (Lipinski definition) is 3. The summed E-state index contributed by atoms with van der Waals surface area (Å²) in [5.74, 6) is 0.359. The Balaban J connectivity index is 1.72. The number of hydrogen-bond donors (Lipinski definition) is 1. The maximum absolute atomic E-state index is 12.1. The fourth-order valence-corrected chi connectivity index (χ4v) is 4.28. The summed E-state index contributed by atoms with van der Waals surface area (Å²) in [6.07, 6.45) is 5.43. The maximum atomic E-state index is 12.1. The highest BCUT2D eigenvalue weighted by molar-refractivity contribution is 6.42. The molecule has 0 amide bonds. The van der Waals surface area contributed by atoms with Crippen molar-refractivity contribution >= 4 is 34.9 Å². The maximum Gasteiger partial charge on any atom is 0.338 e. The van der Waals surface area contributed by atoms with Gasteiger partial charge in [-0.25, -0.2) is 4.79 Å². The Morgan fingerprint density at radius 1 is 1.19 bits per heavy atom. The lowest BCUT2D eigenvalue weighted by molar-refractivity contribution is 0.0526. The zero-order valence-corrected chi connectivity index (χ0v) is 15.8. The van der Waals surface area contributed by atoms with E-state index >= 15 is 0 Å². The van der Waals surface area contributed by atoms with Crippen LogP contribution in [0.5, 0.6) is 0 Å². The van der Waals surface area contributed by atoms with E-state index in [0.29, 0.717) is 28.1 Å². The van der Waals surface area contributed by atoms with E-state index in [1.165, 1.54) is 0 Å². The molecule has 2 aromatic rings. The smallest absolute Gasteiger partial charge is 0.338 e. The Labute approximate surface area is 163 Å². The summed E-state index contributed by atoms with van der Waals surface area (Å²) in [6.45, 7) is 2.19. The van der Waals surface area contributed by atoms with Gasteiger partial charge < -0.3 is 10.1 Å². The van der Waals surface area contributed by atoms with Crippen molar-refractivity contribution in [3.63, 3.8) is 0 Å². The molecule has 0 spiro atoms. The monoisotopic (exact) mass is 387 g/mol. The van der Waals surface area contributed by atoms with Crippen molar-refractivity contribution in [1.82, 2.24) is 0 Å². The van der Waals surface area contributed by atoms with Gasteiger partial charge in [0.15, 0.2) is 0 Å². The Bertz CT molecular complexity index is 894. The van der Waals surface area contributed by atoms with Crippen molar-refractivity contribution in [2.24, 2.45) is 5.92 Å². The highest BCUT2D eigenvalue weighted by Crippen LogP contribution is 2.50. The zero-order valence-electron chi connectivity index (χ0n) is 14.3. The number of carbonyl (C=O) groups is 1. The van der Waals surface area contributed by atoms with E-state index in [9.17, 15) is 4.79 Å². The lowest BCUT2D eigenvalue weighted by Crippen LogP contribution is -2.29. The SMILES string of the molecule is CCOC(=O)c1ccc2c(c1)C1C=CCC1C(c1ccc(Cl)c(Cl)c1)N2. The summed E-state index contributed by atoms with van der Waals surface area (Å²) in [4.78, 5) is 12.1. The van der Waals surface area contributed by atoms with E-state index in [1.54, 1.807) is 0 Å². The summed E-state index contributed by atoms with van der Waals surface area (Å²) >= 11 is 12.3. The molecule has 1 heterocycles. The zero-order chi connectivity index (χ0) is 18.3. The largest absolute Gasteiger partial charge is 0.462 e. The van der Waals surface area contributed by atoms with Crippen molar-refractivity contribution in [2.45, 2.75) is 25.3 Å². The Morgan fingerprint density at radius 2 is 2.04 bits per heavy atom. The third-order valence-electron chi connectivity index (χ3n) is 5.18. The van der Waals surface area contributed by atoms with Gasteiger partial charge in [0.05, 0.1) is 28.3 Å². The van der Waals surface area contributed by atoms with E-state index in [4.69, 9.17) is 27.9 Å². The first-order valence-corrected chi connectivity index (χ1v) is 9.53. The van der Waals surface area contributed by atoms with Crippen molar-refractivity contribution in [3.8, 4) is 0 Å². The van der Waals surface area contributed by atoms with Crippen LogP contribution in [0.2, 0.25) is 10.0 Å². The van der Waals surface area contributed by atoms with Crippen molar-refractivity contribution in [3.05, 3.63) is 75.3 Å². The predicted molar refractivity (Wildman–Crippen MR) is 105 cm³/mol. The molecule has 3 unspecified atom stereocenters. The molecule has 26 heavy (non-hydrogen) atoms.